The van der Waals surface area contributed by atoms with E-state index in [1.807, 2.05) is 25.6 Å². The molecule has 1 N–H and O–H groups in total. The first-order valence-corrected chi connectivity index (χ1v) is 8.14. The van der Waals surface area contributed by atoms with Crippen LogP contribution < -0.4 is 5.32 Å². The average Bonchev–Trinajstić information content (AvgIpc) is 2.39. The predicted molar refractivity (Wildman–Crippen MR) is 76.4 cm³/mol. The smallest absolute Gasteiger partial charge is 0.240 e. The zero-order chi connectivity index (χ0) is 13.4. The van der Waals surface area contributed by atoms with Crippen LogP contribution in [0.4, 0.5) is 0 Å². The highest BCUT2D eigenvalue weighted by molar-refractivity contribution is 7.99. The minimum Gasteiger partial charge on any atom is -0.351 e. The topological polar surface area (TPSA) is 52.9 Å². The van der Waals surface area contributed by atoms with Crippen molar-refractivity contribution in [3.8, 4) is 6.07 Å². The summed E-state index contributed by atoms with van der Waals surface area (Å²) in [7, 11) is 0. The van der Waals surface area contributed by atoms with Gasteiger partial charge in [0.1, 0.15) is 5.41 Å². The average molecular weight is 268 g/mol. The first-order valence-electron chi connectivity index (χ1n) is 6.98. The normalized spacial score (nSPS) is 20.2. The molecule has 0 aromatic carbocycles. The molecule has 1 unspecified atom stereocenters. The molecule has 0 spiro atoms. The molecule has 1 heterocycles. The summed E-state index contributed by atoms with van der Waals surface area (Å²) in [4.78, 5) is 12.4. The highest BCUT2D eigenvalue weighted by Crippen LogP contribution is 2.30. The number of amides is 1. The van der Waals surface area contributed by atoms with Gasteiger partial charge < -0.3 is 5.32 Å². The fourth-order valence-corrected chi connectivity index (χ4v) is 3.62. The molecule has 4 heteroatoms. The summed E-state index contributed by atoms with van der Waals surface area (Å²) in [6.07, 6.45) is 5.31. The molecule has 0 aliphatic carbocycles. The molecule has 1 rings (SSSR count). The lowest BCUT2D eigenvalue weighted by molar-refractivity contribution is -0.129. The Kier molecular flexibility index (Phi) is 6.56. The summed E-state index contributed by atoms with van der Waals surface area (Å²) >= 11 is 1.89. The van der Waals surface area contributed by atoms with Crippen LogP contribution in [0.5, 0.6) is 0 Å². The van der Waals surface area contributed by atoms with E-state index in [1.165, 1.54) is 5.75 Å². The molecule has 18 heavy (non-hydrogen) atoms. The third-order valence-corrected chi connectivity index (χ3v) is 4.71. The predicted octanol–water partition coefficient (Wildman–Crippen LogP) is 3.11. The SMILES string of the molecule is CCCC(C#N)(CCC)C(=O)NC1CCCSC1. The van der Waals surface area contributed by atoms with E-state index < -0.39 is 5.41 Å². The number of carbonyl (C=O) groups excluding carboxylic acids is 1. The second-order valence-electron chi connectivity index (χ2n) is 5.08. The van der Waals surface area contributed by atoms with Gasteiger partial charge in [0, 0.05) is 11.8 Å². The first-order chi connectivity index (χ1) is 8.68. The number of hydrogen-bond acceptors (Lipinski definition) is 3. The lowest BCUT2D eigenvalue weighted by atomic mass is 9.79. The maximum Gasteiger partial charge on any atom is 0.240 e. The minimum atomic E-state index is -0.800. The summed E-state index contributed by atoms with van der Waals surface area (Å²) in [6.45, 7) is 4.07. The van der Waals surface area contributed by atoms with Crippen LogP contribution in [-0.4, -0.2) is 23.5 Å². The fraction of sp³-hybridized carbons (Fsp3) is 0.857. The van der Waals surface area contributed by atoms with Gasteiger partial charge in [-0.2, -0.15) is 17.0 Å². The summed E-state index contributed by atoms with van der Waals surface area (Å²) in [6, 6.07) is 2.55. The van der Waals surface area contributed by atoms with Gasteiger partial charge in [-0.3, -0.25) is 4.79 Å². The maximum absolute atomic E-state index is 12.4. The van der Waals surface area contributed by atoms with E-state index in [1.54, 1.807) is 0 Å². The molecule has 1 aliphatic rings. The van der Waals surface area contributed by atoms with Crippen LogP contribution in [0.2, 0.25) is 0 Å². The number of nitrogens with one attached hydrogen (secondary N) is 1. The van der Waals surface area contributed by atoms with Crippen molar-refractivity contribution < 1.29 is 4.79 Å². The van der Waals surface area contributed by atoms with E-state index in [0.717, 1.165) is 31.4 Å². The molecule has 102 valence electrons. The summed E-state index contributed by atoms with van der Waals surface area (Å²) < 4.78 is 0. The van der Waals surface area contributed by atoms with Crippen LogP contribution in [0.1, 0.15) is 52.4 Å². The van der Waals surface area contributed by atoms with Crippen LogP contribution in [0.15, 0.2) is 0 Å². The number of thioether (sulfide) groups is 1. The molecule has 0 saturated carbocycles. The van der Waals surface area contributed by atoms with Crippen LogP contribution in [0, 0.1) is 16.7 Å². The van der Waals surface area contributed by atoms with Crippen LogP contribution in [-0.2, 0) is 4.79 Å². The first kappa shape index (κ1) is 15.4. The Balaban J connectivity index is 2.66. The molecule has 0 radical (unpaired) electrons. The van der Waals surface area contributed by atoms with Crippen molar-refractivity contribution in [2.24, 2.45) is 5.41 Å². The number of hydrogen-bond donors (Lipinski definition) is 1. The Bertz CT molecular complexity index is 299. The van der Waals surface area contributed by atoms with E-state index in [2.05, 4.69) is 11.4 Å². The van der Waals surface area contributed by atoms with E-state index in [4.69, 9.17) is 0 Å². The largest absolute Gasteiger partial charge is 0.351 e. The molecule has 1 atom stereocenters. The zero-order valence-electron chi connectivity index (χ0n) is 11.5. The van der Waals surface area contributed by atoms with Gasteiger partial charge in [0.25, 0.3) is 0 Å². The number of nitriles is 1. The highest BCUT2D eigenvalue weighted by Gasteiger charge is 2.37. The minimum absolute atomic E-state index is 0.0406. The highest BCUT2D eigenvalue weighted by atomic mass is 32.2. The lowest BCUT2D eigenvalue weighted by Crippen LogP contribution is -2.46. The van der Waals surface area contributed by atoms with Crippen molar-refractivity contribution in [3.05, 3.63) is 0 Å². The van der Waals surface area contributed by atoms with Gasteiger partial charge in [0.2, 0.25) is 5.91 Å². The Morgan fingerprint density at radius 1 is 1.44 bits per heavy atom. The molecule has 1 saturated heterocycles. The van der Waals surface area contributed by atoms with Crippen molar-refractivity contribution in [3.63, 3.8) is 0 Å². The van der Waals surface area contributed by atoms with Crippen molar-refractivity contribution in [1.29, 1.82) is 5.26 Å². The fourth-order valence-electron chi connectivity index (χ4n) is 2.55. The Hall–Kier alpha value is -0.690. The van der Waals surface area contributed by atoms with Gasteiger partial charge in [-0.1, -0.05) is 26.7 Å². The molecule has 3 nitrogen and oxygen atoms in total. The summed E-state index contributed by atoms with van der Waals surface area (Å²) in [5.41, 5.74) is -0.800. The monoisotopic (exact) mass is 268 g/mol. The van der Waals surface area contributed by atoms with E-state index >= 15 is 0 Å². The standard InChI is InChI=1S/C14H24N2OS/c1-3-7-14(11-15,8-4-2)13(17)16-12-6-5-9-18-10-12/h12H,3-10H2,1-2H3,(H,16,17). The second-order valence-corrected chi connectivity index (χ2v) is 6.23. The molecular formula is C14H24N2OS. The third kappa shape index (κ3) is 3.91. The van der Waals surface area contributed by atoms with E-state index in [9.17, 15) is 10.1 Å². The lowest BCUT2D eigenvalue weighted by Gasteiger charge is -2.29. The molecule has 1 amide bonds. The number of nitrogens with zero attached hydrogens (tertiary/aromatic N) is 1. The van der Waals surface area contributed by atoms with Crippen LogP contribution in [0.3, 0.4) is 0 Å². The quantitative estimate of drug-likeness (QED) is 0.805. The van der Waals surface area contributed by atoms with Crippen LogP contribution in [0.25, 0.3) is 0 Å². The molecule has 0 bridgehead atoms. The number of carbonyl (C=O) groups is 1. The third-order valence-electron chi connectivity index (χ3n) is 3.50. The van der Waals surface area contributed by atoms with Gasteiger partial charge in [0.05, 0.1) is 6.07 Å². The zero-order valence-corrected chi connectivity index (χ0v) is 12.3. The molecule has 1 fully saturated rings. The Morgan fingerprint density at radius 2 is 2.11 bits per heavy atom. The molecule has 1 aliphatic heterocycles. The van der Waals surface area contributed by atoms with Crippen molar-refractivity contribution in [2.45, 2.75) is 58.4 Å². The molecule has 0 aromatic rings. The van der Waals surface area contributed by atoms with Gasteiger partial charge in [-0.15, -0.1) is 0 Å². The van der Waals surface area contributed by atoms with E-state index in [-0.39, 0.29) is 11.9 Å². The molecular weight excluding hydrogens is 244 g/mol. The Labute approximate surface area is 115 Å². The van der Waals surface area contributed by atoms with Crippen molar-refractivity contribution in [1.82, 2.24) is 5.32 Å². The maximum atomic E-state index is 12.4. The van der Waals surface area contributed by atoms with Gasteiger partial charge >= 0.3 is 0 Å². The van der Waals surface area contributed by atoms with Crippen molar-refractivity contribution >= 4 is 17.7 Å². The molecule has 0 aromatic heterocycles. The van der Waals surface area contributed by atoms with Gasteiger partial charge in [-0.25, -0.2) is 0 Å². The number of rotatable bonds is 6. The van der Waals surface area contributed by atoms with E-state index in [0.29, 0.717) is 12.8 Å². The second kappa shape index (κ2) is 7.68. The summed E-state index contributed by atoms with van der Waals surface area (Å²) in [5.74, 6) is 2.15. The van der Waals surface area contributed by atoms with Crippen molar-refractivity contribution in [2.75, 3.05) is 11.5 Å². The Morgan fingerprint density at radius 3 is 2.56 bits per heavy atom. The summed E-state index contributed by atoms with van der Waals surface area (Å²) in [5, 5.41) is 12.5. The van der Waals surface area contributed by atoms with Gasteiger partial charge in [0.15, 0.2) is 0 Å². The van der Waals surface area contributed by atoms with Crippen LogP contribution >= 0.6 is 11.8 Å². The van der Waals surface area contributed by atoms with Gasteiger partial charge in [-0.05, 0) is 31.4 Å².